The number of benzene rings is 1. The zero-order valence-corrected chi connectivity index (χ0v) is 15.1. The molecule has 1 aromatic carbocycles. The Morgan fingerprint density at radius 2 is 1.96 bits per heavy atom. The van der Waals surface area contributed by atoms with Crippen molar-refractivity contribution in [3.05, 3.63) is 35.9 Å². The van der Waals surface area contributed by atoms with Crippen LogP contribution in [0.4, 0.5) is 0 Å². The second kappa shape index (κ2) is 9.83. The van der Waals surface area contributed by atoms with Crippen LogP contribution in [0.5, 0.6) is 0 Å². The Morgan fingerprint density at radius 1 is 1.22 bits per heavy atom. The summed E-state index contributed by atoms with van der Waals surface area (Å²) in [5, 5.41) is 6.80. The quantitative estimate of drug-likeness (QED) is 0.594. The highest BCUT2D eigenvalue weighted by Crippen LogP contribution is 2.33. The summed E-state index contributed by atoms with van der Waals surface area (Å²) in [4.78, 5) is 4.83. The predicted molar refractivity (Wildman–Crippen MR) is 100 cm³/mol. The summed E-state index contributed by atoms with van der Waals surface area (Å²) in [5.74, 6) is 0.920. The lowest BCUT2D eigenvalue weighted by Gasteiger charge is -2.34. The Labute approximate surface area is 144 Å². The molecule has 2 rings (SSSR count). The molecule has 4 nitrogen and oxygen atoms in total. The summed E-state index contributed by atoms with van der Waals surface area (Å²) in [6.07, 6.45) is 5.37. The van der Waals surface area contributed by atoms with Gasteiger partial charge in [0.2, 0.25) is 0 Å². The van der Waals surface area contributed by atoms with Gasteiger partial charge in [-0.2, -0.15) is 11.8 Å². The zero-order valence-electron chi connectivity index (χ0n) is 14.3. The first-order chi connectivity index (χ1) is 11.3. The Morgan fingerprint density at radius 3 is 2.61 bits per heavy atom. The number of ether oxygens (including phenoxy) is 1. The SMILES string of the molecule is CCNC(=NCC1(SC)CCOCC1)NCCc1ccccc1. The molecule has 0 atom stereocenters. The van der Waals surface area contributed by atoms with Gasteiger partial charge in [0.05, 0.1) is 6.54 Å². The van der Waals surface area contributed by atoms with Crippen LogP contribution >= 0.6 is 11.8 Å². The molecule has 0 bridgehead atoms. The van der Waals surface area contributed by atoms with E-state index in [9.17, 15) is 0 Å². The molecule has 23 heavy (non-hydrogen) atoms. The van der Waals surface area contributed by atoms with Crippen LogP contribution in [0.3, 0.4) is 0 Å². The second-order valence-electron chi connectivity index (χ2n) is 5.86. The average Bonchev–Trinajstić information content (AvgIpc) is 2.61. The summed E-state index contributed by atoms with van der Waals surface area (Å²) in [5.41, 5.74) is 1.35. The Kier molecular flexibility index (Phi) is 7.76. The number of thioether (sulfide) groups is 1. The van der Waals surface area contributed by atoms with E-state index in [1.165, 1.54) is 5.56 Å². The van der Waals surface area contributed by atoms with Gasteiger partial charge in [0, 0.05) is 31.1 Å². The lowest BCUT2D eigenvalue weighted by molar-refractivity contribution is 0.0794. The molecule has 1 aromatic rings. The molecule has 0 amide bonds. The van der Waals surface area contributed by atoms with Crippen LogP contribution in [-0.2, 0) is 11.2 Å². The van der Waals surface area contributed by atoms with Crippen molar-refractivity contribution in [3.8, 4) is 0 Å². The minimum Gasteiger partial charge on any atom is -0.381 e. The van der Waals surface area contributed by atoms with E-state index in [0.717, 1.165) is 58.1 Å². The van der Waals surface area contributed by atoms with Crippen molar-refractivity contribution in [2.45, 2.75) is 30.9 Å². The van der Waals surface area contributed by atoms with Gasteiger partial charge in [-0.25, -0.2) is 0 Å². The molecule has 1 aliphatic rings. The number of hydrogen-bond acceptors (Lipinski definition) is 3. The van der Waals surface area contributed by atoms with E-state index in [0.29, 0.717) is 0 Å². The van der Waals surface area contributed by atoms with E-state index in [1.54, 1.807) is 0 Å². The van der Waals surface area contributed by atoms with Crippen LogP contribution in [0.15, 0.2) is 35.3 Å². The molecule has 0 aromatic heterocycles. The largest absolute Gasteiger partial charge is 0.381 e. The second-order valence-corrected chi connectivity index (χ2v) is 7.13. The smallest absolute Gasteiger partial charge is 0.191 e. The molecule has 1 fully saturated rings. The molecule has 1 aliphatic heterocycles. The van der Waals surface area contributed by atoms with Gasteiger partial charge < -0.3 is 15.4 Å². The third-order valence-electron chi connectivity index (χ3n) is 4.26. The molecule has 1 heterocycles. The Balaban J connectivity index is 1.86. The first kappa shape index (κ1) is 18.1. The van der Waals surface area contributed by atoms with Crippen molar-refractivity contribution >= 4 is 17.7 Å². The maximum absolute atomic E-state index is 5.50. The lowest BCUT2D eigenvalue weighted by Crippen LogP contribution is -2.41. The zero-order chi connectivity index (χ0) is 16.4. The van der Waals surface area contributed by atoms with Gasteiger partial charge in [0.15, 0.2) is 5.96 Å². The molecule has 2 N–H and O–H groups in total. The minimum absolute atomic E-state index is 0.236. The summed E-state index contributed by atoms with van der Waals surface area (Å²) in [6, 6.07) is 10.6. The Hall–Kier alpha value is -1.20. The van der Waals surface area contributed by atoms with Crippen molar-refractivity contribution < 1.29 is 4.74 Å². The van der Waals surface area contributed by atoms with Gasteiger partial charge in [-0.1, -0.05) is 30.3 Å². The van der Waals surface area contributed by atoms with Crippen molar-refractivity contribution in [3.63, 3.8) is 0 Å². The maximum Gasteiger partial charge on any atom is 0.191 e. The monoisotopic (exact) mass is 335 g/mol. The van der Waals surface area contributed by atoms with Crippen molar-refractivity contribution in [2.24, 2.45) is 4.99 Å². The standard InChI is InChI=1S/C18H29N3OS/c1-3-19-17(20-12-9-16-7-5-4-6-8-16)21-15-18(23-2)10-13-22-14-11-18/h4-8H,3,9-15H2,1-2H3,(H2,19,20,21). The van der Waals surface area contributed by atoms with Gasteiger partial charge in [0.25, 0.3) is 0 Å². The van der Waals surface area contributed by atoms with Crippen LogP contribution in [0.1, 0.15) is 25.3 Å². The van der Waals surface area contributed by atoms with Crippen molar-refractivity contribution in [2.75, 3.05) is 39.1 Å². The average molecular weight is 336 g/mol. The van der Waals surface area contributed by atoms with Crippen molar-refractivity contribution in [1.82, 2.24) is 10.6 Å². The molecule has 0 spiro atoms. The molecule has 0 saturated carbocycles. The van der Waals surface area contributed by atoms with E-state index in [-0.39, 0.29) is 4.75 Å². The van der Waals surface area contributed by atoms with Crippen LogP contribution in [0.2, 0.25) is 0 Å². The minimum atomic E-state index is 0.236. The van der Waals surface area contributed by atoms with E-state index < -0.39 is 0 Å². The normalized spacial score (nSPS) is 17.7. The van der Waals surface area contributed by atoms with E-state index in [1.807, 2.05) is 11.8 Å². The predicted octanol–water partition coefficient (Wildman–Crippen LogP) is 2.70. The highest BCUT2D eigenvalue weighted by Gasteiger charge is 2.31. The highest BCUT2D eigenvalue weighted by atomic mass is 32.2. The number of nitrogens with zero attached hydrogens (tertiary/aromatic N) is 1. The molecular weight excluding hydrogens is 306 g/mol. The number of nitrogens with one attached hydrogen (secondary N) is 2. The molecule has 0 radical (unpaired) electrons. The van der Waals surface area contributed by atoms with E-state index in [4.69, 9.17) is 9.73 Å². The van der Waals surface area contributed by atoms with Crippen LogP contribution in [-0.4, -0.2) is 49.8 Å². The topological polar surface area (TPSA) is 45.7 Å². The van der Waals surface area contributed by atoms with Gasteiger partial charge in [-0.3, -0.25) is 4.99 Å². The lowest BCUT2D eigenvalue weighted by atomic mass is 9.99. The highest BCUT2D eigenvalue weighted by molar-refractivity contribution is 8.00. The first-order valence-corrected chi connectivity index (χ1v) is 9.69. The molecule has 0 aliphatic carbocycles. The fourth-order valence-corrected chi connectivity index (χ4v) is 3.47. The first-order valence-electron chi connectivity index (χ1n) is 8.47. The molecule has 0 unspecified atom stereocenters. The van der Waals surface area contributed by atoms with Crippen LogP contribution in [0, 0.1) is 0 Å². The van der Waals surface area contributed by atoms with Crippen molar-refractivity contribution in [1.29, 1.82) is 0 Å². The molecule has 5 heteroatoms. The molecule has 1 saturated heterocycles. The van der Waals surface area contributed by atoms with Crippen LogP contribution < -0.4 is 10.6 Å². The number of hydrogen-bond donors (Lipinski definition) is 2. The number of guanidine groups is 1. The fourth-order valence-electron chi connectivity index (χ4n) is 2.70. The molecule has 128 valence electrons. The maximum atomic E-state index is 5.50. The number of aliphatic imine (C=N–C) groups is 1. The summed E-state index contributed by atoms with van der Waals surface area (Å²) >= 11 is 1.93. The fraction of sp³-hybridized carbons (Fsp3) is 0.611. The summed E-state index contributed by atoms with van der Waals surface area (Å²) in [6.45, 7) is 6.44. The summed E-state index contributed by atoms with van der Waals surface area (Å²) in [7, 11) is 0. The Bertz CT molecular complexity index is 472. The van der Waals surface area contributed by atoms with Gasteiger partial charge >= 0.3 is 0 Å². The van der Waals surface area contributed by atoms with Gasteiger partial charge in [-0.15, -0.1) is 0 Å². The van der Waals surface area contributed by atoms with Crippen LogP contribution in [0.25, 0.3) is 0 Å². The third-order valence-corrected chi connectivity index (χ3v) is 5.66. The van der Waals surface area contributed by atoms with E-state index >= 15 is 0 Å². The summed E-state index contributed by atoms with van der Waals surface area (Å²) < 4.78 is 5.74. The van der Waals surface area contributed by atoms with Gasteiger partial charge in [0.1, 0.15) is 0 Å². The third kappa shape index (κ3) is 6.07. The van der Waals surface area contributed by atoms with E-state index in [2.05, 4.69) is 54.1 Å². The molecular formula is C18H29N3OS. The van der Waals surface area contributed by atoms with Gasteiger partial charge in [-0.05, 0) is 38.0 Å². The number of rotatable bonds is 7.